The number of benzene rings is 2. The molecule has 28 heavy (non-hydrogen) atoms. The second-order valence-electron chi connectivity index (χ2n) is 6.02. The smallest absolute Gasteiger partial charge is 0.264 e. The number of aryl methyl sites for hydroxylation is 1. The summed E-state index contributed by atoms with van der Waals surface area (Å²) >= 11 is 5.05. The summed E-state index contributed by atoms with van der Waals surface area (Å²) in [4.78, 5) is 18.9. The number of aliphatic imine (C=N–C) groups is 1. The Morgan fingerprint density at radius 2 is 1.96 bits per heavy atom. The van der Waals surface area contributed by atoms with E-state index in [1.165, 1.54) is 10.8 Å². The van der Waals surface area contributed by atoms with Crippen LogP contribution in [0.1, 0.15) is 11.1 Å². The van der Waals surface area contributed by atoms with E-state index in [0.29, 0.717) is 11.4 Å². The molecule has 0 aliphatic carbocycles. The molecule has 6 nitrogen and oxygen atoms in total. The maximum atomic E-state index is 12.1. The van der Waals surface area contributed by atoms with Crippen LogP contribution in [0.15, 0.2) is 71.0 Å². The fourth-order valence-electron chi connectivity index (χ4n) is 2.53. The fraction of sp³-hybridized carbons (Fsp3) is 0.0952. The summed E-state index contributed by atoms with van der Waals surface area (Å²) in [6.45, 7) is 5.86. The predicted molar refractivity (Wildman–Crippen MR) is 113 cm³/mol. The SMILES string of the molecule is C=CCn1c(O)c(C=Nc2ccc(Oc3ccccc3C)cc2)c(=O)[nH]c1=S. The summed E-state index contributed by atoms with van der Waals surface area (Å²) in [6.07, 6.45) is 2.88. The van der Waals surface area contributed by atoms with Gasteiger partial charge in [-0.3, -0.25) is 19.3 Å². The number of rotatable bonds is 6. The van der Waals surface area contributed by atoms with Crippen LogP contribution in [0.3, 0.4) is 0 Å². The third-order valence-corrected chi connectivity index (χ3v) is 4.34. The Morgan fingerprint density at radius 1 is 1.25 bits per heavy atom. The van der Waals surface area contributed by atoms with E-state index >= 15 is 0 Å². The molecular weight excluding hydrogens is 374 g/mol. The Kier molecular flexibility index (Phi) is 5.86. The van der Waals surface area contributed by atoms with Crippen LogP contribution >= 0.6 is 12.2 Å². The minimum Gasteiger partial charge on any atom is -0.494 e. The van der Waals surface area contributed by atoms with Gasteiger partial charge in [0.1, 0.15) is 17.1 Å². The highest BCUT2D eigenvalue weighted by Crippen LogP contribution is 2.26. The predicted octanol–water partition coefficient (Wildman–Crippen LogP) is 4.65. The van der Waals surface area contributed by atoms with Gasteiger partial charge in [0.05, 0.1) is 5.69 Å². The van der Waals surface area contributed by atoms with Crippen LogP contribution < -0.4 is 10.3 Å². The number of nitrogens with zero attached hydrogens (tertiary/aromatic N) is 2. The van der Waals surface area contributed by atoms with Gasteiger partial charge in [-0.1, -0.05) is 24.3 Å². The number of H-pyrrole nitrogens is 1. The number of aromatic hydroxyl groups is 1. The molecule has 0 bridgehead atoms. The zero-order valence-corrected chi connectivity index (χ0v) is 16.1. The Hall–Kier alpha value is -3.45. The van der Waals surface area contributed by atoms with E-state index in [2.05, 4.69) is 16.6 Å². The Balaban J connectivity index is 1.83. The lowest BCUT2D eigenvalue weighted by atomic mass is 10.2. The highest BCUT2D eigenvalue weighted by atomic mass is 32.1. The molecule has 2 N–H and O–H groups in total. The Bertz CT molecular complexity index is 1140. The van der Waals surface area contributed by atoms with Crippen molar-refractivity contribution in [3.8, 4) is 17.4 Å². The van der Waals surface area contributed by atoms with Gasteiger partial charge in [-0.2, -0.15) is 0 Å². The highest BCUT2D eigenvalue weighted by molar-refractivity contribution is 7.71. The summed E-state index contributed by atoms with van der Waals surface area (Å²) < 4.78 is 7.34. The van der Waals surface area contributed by atoms with Gasteiger partial charge in [-0.25, -0.2) is 0 Å². The molecule has 3 rings (SSSR count). The van der Waals surface area contributed by atoms with Crippen LogP contribution in [0.2, 0.25) is 0 Å². The van der Waals surface area contributed by atoms with Gasteiger partial charge in [0.15, 0.2) is 4.77 Å². The summed E-state index contributed by atoms with van der Waals surface area (Å²) in [5.41, 5.74) is 1.16. The van der Waals surface area contributed by atoms with E-state index in [0.717, 1.165) is 11.3 Å². The standard InChI is InChI=1S/C21H19N3O3S/c1-3-12-24-20(26)17(19(25)23-21(24)28)13-22-15-8-10-16(11-9-15)27-18-7-5-4-6-14(18)2/h3-11,13,26H,1,12H2,2H3,(H,23,25,28). The summed E-state index contributed by atoms with van der Waals surface area (Å²) in [6, 6.07) is 14.8. The summed E-state index contributed by atoms with van der Waals surface area (Å²) in [7, 11) is 0. The van der Waals surface area contributed by atoms with Gasteiger partial charge in [-0.05, 0) is 55.0 Å². The van der Waals surface area contributed by atoms with Gasteiger partial charge in [0.2, 0.25) is 5.88 Å². The van der Waals surface area contributed by atoms with Crippen LogP contribution in [0, 0.1) is 11.7 Å². The molecule has 0 saturated carbocycles. The zero-order valence-electron chi connectivity index (χ0n) is 15.3. The van der Waals surface area contributed by atoms with Crippen molar-refractivity contribution >= 4 is 24.1 Å². The second kappa shape index (κ2) is 8.49. The molecule has 2 aromatic carbocycles. The summed E-state index contributed by atoms with van der Waals surface area (Å²) in [5.74, 6) is 1.20. The van der Waals surface area contributed by atoms with Crippen molar-refractivity contribution in [1.29, 1.82) is 0 Å². The number of para-hydroxylation sites is 1. The van der Waals surface area contributed by atoms with Gasteiger partial charge in [0, 0.05) is 12.8 Å². The van der Waals surface area contributed by atoms with Gasteiger partial charge < -0.3 is 9.84 Å². The molecule has 0 fully saturated rings. The summed E-state index contributed by atoms with van der Waals surface area (Å²) in [5, 5.41) is 10.3. The van der Waals surface area contributed by atoms with Crippen LogP contribution in [0.5, 0.6) is 17.4 Å². The van der Waals surface area contributed by atoms with Crippen molar-refractivity contribution in [1.82, 2.24) is 9.55 Å². The number of ether oxygens (including phenoxy) is 1. The molecule has 7 heteroatoms. The molecule has 0 saturated heterocycles. The van der Waals surface area contributed by atoms with Gasteiger partial charge >= 0.3 is 0 Å². The molecule has 3 aromatic rings. The molecule has 1 aromatic heterocycles. The fourth-order valence-corrected chi connectivity index (χ4v) is 2.78. The van der Waals surface area contributed by atoms with Crippen LogP contribution in [0.4, 0.5) is 5.69 Å². The van der Waals surface area contributed by atoms with Crippen molar-refractivity contribution in [3.05, 3.63) is 87.4 Å². The van der Waals surface area contributed by atoms with Crippen molar-refractivity contribution in [3.63, 3.8) is 0 Å². The maximum Gasteiger partial charge on any atom is 0.264 e. The maximum absolute atomic E-state index is 12.1. The normalized spacial score (nSPS) is 10.9. The van der Waals surface area contributed by atoms with E-state index in [-0.39, 0.29) is 22.8 Å². The van der Waals surface area contributed by atoms with Gasteiger partial charge in [-0.15, -0.1) is 6.58 Å². The first kappa shape index (κ1) is 19.3. The molecule has 142 valence electrons. The van der Waals surface area contributed by atoms with E-state index < -0.39 is 5.56 Å². The number of aromatic nitrogens is 2. The minimum atomic E-state index is -0.508. The highest BCUT2D eigenvalue weighted by Gasteiger charge is 2.10. The first-order chi connectivity index (χ1) is 13.5. The van der Waals surface area contributed by atoms with E-state index in [4.69, 9.17) is 17.0 Å². The quantitative estimate of drug-likeness (QED) is 0.363. The number of aromatic amines is 1. The lowest BCUT2D eigenvalue weighted by molar-refractivity contribution is 0.413. The average Bonchev–Trinajstić information content (AvgIpc) is 2.68. The molecule has 0 unspecified atom stereocenters. The lowest BCUT2D eigenvalue weighted by Gasteiger charge is -2.09. The first-order valence-corrected chi connectivity index (χ1v) is 8.95. The molecule has 1 heterocycles. The largest absolute Gasteiger partial charge is 0.494 e. The van der Waals surface area contributed by atoms with Crippen molar-refractivity contribution < 1.29 is 9.84 Å². The van der Waals surface area contributed by atoms with Crippen molar-refractivity contribution in [2.24, 2.45) is 4.99 Å². The first-order valence-electron chi connectivity index (χ1n) is 8.54. The van der Waals surface area contributed by atoms with Crippen LogP contribution in [-0.4, -0.2) is 20.9 Å². The topological polar surface area (TPSA) is 79.6 Å². The van der Waals surface area contributed by atoms with Crippen LogP contribution in [-0.2, 0) is 6.54 Å². The number of hydrogen-bond donors (Lipinski definition) is 2. The molecule has 0 spiro atoms. The molecule has 0 aliphatic rings. The van der Waals surface area contributed by atoms with Crippen molar-refractivity contribution in [2.45, 2.75) is 13.5 Å². The monoisotopic (exact) mass is 393 g/mol. The molecule has 0 amide bonds. The zero-order chi connectivity index (χ0) is 20.1. The van der Waals surface area contributed by atoms with Gasteiger partial charge in [0.25, 0.3) is 5.56 Å². The van der Waals surface area contributed by atoms with E-state index in [9.17, 15) is 9.90 Å². The molecular formula is C21H19N3O3S. The molecule has 0 aliphatic heterocycles. The second-order valence-corrected chi connectivity index (χ2v) is 6.40. The van der Waals surface area contributed by atoms with E-state index in [1.807, 2.05) is 31.2 Å². The average molecular weight is 393 g/mol. The van der Waals surface area contributed by atoms with E-state index in [1.54, 1.807) is 30.3 Å². The Morgan fingerprint density at radius 3 is 2.64 bits per heavy atom. The van der Waals surface area contributed by atoms with Crippen LogP contribution in [0.25, 0.3) is 0 Å². The third-order valence-electron chi connectivity index (χ3n) is 4.02. The minimum absolute atomic E-state index is 0.0238. The lowest BCUT2D eigenvalue weighted by Crippen LogP contribution is -2.18. The number of allylic oxidation sites excluding steroid dienone is 1. The number of nitrogens with one attached hydrogen (secondary N) is 1. The van der Waals surface area contributed by atoms with Crippen molar-refractivity contribution in [2.75, 3.05) is 0 Å². The Labute approximate surface area is 167 Å². The number of hydrogen-bond acceptors (Lipinski definition) is 5. The molecule has 0 radical (unpaired) electrons. The molecule has 0 atom stereocenters. The third kappa shape index (κ3) is 4.27.